The number of nitrogens with zero attached hydrogens (tertiary/aromatic N) is 1. The Morgan fingerprint density at radius 2 is 1.58 bits per heavy atom. The van der Waals surface area contributed by atoms with Gasteiger partial charge < -0.3 is 18.9 Å². The number of aliphatic imine (C=N–C) groups is 1. The van der Waals surface area contributed by atoms with E-state index < -0.39 is 29.5 Å². The molecule has 0 fully saturated rings. The molecule has 4 rings (SSSR count). The van der Waals surface area contributed by atoms with E-state index in [-0.39, 0.29) is 24.2 Å². The molecule has 2 amide bonds. The fourth-order valence-electron chi connectivity index (χ4n) is 5.36. The van der Waals surface area contributed by atoms with Gasteiger partial charge in [-0.3, -0.25) is 20.4 Å². The number of carbonyl (C=O) groups is 3. The van der Waals surface area contributed by atoms with E-state index in [4.69, 9.17) is 30.5 Å². The number of nitrogens with one attached hydrogen (secondary N) is 2. The number of amides is 2. The van der Waals surface area contributed by atoms with Crippen molar-refractivity contribution in [3.05, 3.63) is 81.0 Å². The van der Waals surface area contributed by atoms with Crippen molar-refractivity contribution < 1.29 is 33.3 Å². The first-order chi connectivity index (χ1) is 23.6. The quantitative estimate of drug-likeness (QED) is 0.158. The molecule has 0 spiro atoms. The fourth-order valence-corrected chi connectivity index (χ4v) is 6.30. The molecule has 0 aliphatic carbocycles. The zero-order chi connectivity index (χ0) is 36.3. The predicted octanol–water partition coefficient (Wildman–Crippen LogP) is 8.65. The van der Waals surface area contributed by atoms with Crippen LogP contribution in [0.5, 0.6) is 11.5 Å². The normalized spacial score (nSPS) is 16.2. The van der Waals surface area contributed by atoms with E-state index in [0.717, 1.165) is 40.5 Å². The zero-order valence-corrected chi connectivity index (χ0v) is 31.2. The van der Waals surface area contributed by atoms with Crippen LogP contribution in [0.15, 0.2) is 65.0 Å². The van der Waals surface area contributed by atoms with Gasteiger partial charge in [0, 0.05) is 19.4 Å². The molecule has 1 aliphatic rings. The van der Waals surface area contributed by atoms with E-state index >= 15 is 0 Å². The van der Waals surface area contributed by atoms with Crippen molar-refractivity contribution in [1.29, 1.82) is 0 Å². The molecule has 12 heteroatoms. The predicted molar refractivity (Wildman–Crippen MR) is 197 cm³/mol. The second kappa shape index (κ2) is 17.7. The first-order valence-electron chi connectivity index (χ1n) is 16.9. The number of benzene rings is 2. The molecule has 0 radical (unpaired) electrons. The average molecular weight is 726 g/mol. The summed E-state index contributed by atoms with van der Waals surface area (Å²) in [5.41, 5.74) is 1.88. The van der Waals surface area contributed by atoms with E-state index in [2.05, 4.69) is 27.1 Å². The number of alkyl carbamates (subject to hydrolysis) is 2. The minimum absolute atomic E-state index is 0.0683. The van der Waals surface area contributed by atoms with Gasteiger partial charge in [-0.2, -0.15) is 0 Å². The van der Waals surface area contributed by atoms with Crippen LogP contribution in [0, 0.1) is 0 Å². The molecular weight excluding hydrogens is 678 g/mol. The molecule has 2 aromatic carbocycles. The summed E-state index contributed by atoms with van der Waals surface area (Å²) < 4.78 is 23.7. The van der Waals surface area contributed by atoms with Crippen LogP contribution in [-0.4, -0.2) is 54.4 Å². The van der Waals surface area contributed by atoms with Crippen molar-refractivity contribution in [3.8, 4) is 11.5 Å². The van der Waals surface area contributed by atoms with Crippen LogP contribution in [0.3, 0.4) is 0 Å². The van der Waals surface area contributed by atoms with Crippen LogP contribution in [0.2, 0.25) is 4.34 Å². The van der Waals surface area contributed by atoms with Crippen LogP contribution < -0.4 is 20.1 Å². The van der Waals surface area contributed by atoms with Crippen LogP contribution in [0.1, 0.15) is 89.8 Å². The highest BCUT2D eigenvalue weighted by Crippen LogP contribution is 2.37. The third kappa shape index (κ3) is 13.3. The molecule has 2 N–H and O–H groups in total. The standard InChI is InChI=1S/C38H48ClN3O7S/c1-37(2,3)48-35(44)41-34(42-36(45)49-38(4,5)6)40-21-19-25-12-16-28(17-13-25)46-22-20-32-30(43)18-15-27(14-11-26-23-33(39)50-24-26)29-9-7-8-10-31(29)47-32/h7-10,12-13,16-17,23-24,27,32H,11,14-15,18-22H2,1-6H3,(H2,40,41,42,44,45). The number of rotatable bonds is 10. The Hall–Kier alpha value is -4.09. The second-order valence-electron chi connectivity index (χ2n) is 14.2. The maximum absolute atomic E-state index is 13.2. The van der Waals surface area contributed by atoms with Gasteiger partial charge in [-0.15, -0.1) is 11.3 Å². The number of thiophene rings is 1. The van der Waals surface area contributed by atoms with Gasteiger partial charge in [0.05, 0.1) is 10.9 Å². The summed E-state index contributed by atoms with van der Waals surface area (Å²) in [4.78, 5) is 42.2. The summed E-state index contributed by atoms with van der Waals surface area (Å²) in [5, 5.41) is 7.06. The van der Waals surface area contributed by atoms with E-state index in [1.165, 1.54) is 5.56 Å². The molecule has 2 heterocycles. The molecule has 2 atom stereocenters. The third-order valence-electron chi connectivity index (χ3n) is 7.61. The highest BCUT2D eigenvalue weighted by Gasteiger charge is 2.28. The van der Waals surface area contributed by atoms with Crippen LogP contribution >= 0.6 is 22.9 Å². The van der Waals surface area contributed by atoms with Gasteiger partial charge >= 0.3 is 12.2 Å². The lowest BCUT2D eigenvalue weighted by Crippen LogP contribution is -2.47. The minimum Gasteiger partial charge on any atom is -0.493 e. The van der Waals surface area contributed by atoms with E-state index in [0.29, 0.717) is 31.6 Å². The number of halogens is 1. The monoisotopic (exact) mass is 725 g/mol. The average Bonchev–Trinajstić information content (AvgIpc) is 3.43. The summed E-state index contributed by atoms with van der Waals surface area (Å²) >= 11 is 7.67. The van der Waals surface area contributed by atoms with E-state index in [1.54, 1.807) is 52.9 Å². The van der Waals surface area contributed by atoms with Gasteiger partial charge in [0.15, 0.2) is 11.9 Å². The van der Waals surface area contributed by atoms with Crippen molar-refractivity contribution in [2.75, 3.05) is 13.2 Å². The van der Waals surface area contributed by atoms with Crippen molar-refractivity contribution in [1.82, 2.24) is 10.6 Å². The molecule has 1 aromatic heterocycles. The number of ether oxygens (including phenoxy) is 4. The van der Waals surface area contributed by atoms with Crippen LogP contribution in [0.4, 0.5) is 9.59 Å². The molecule has 3 aromatic rings. The number of carbonyl (C=O) groups excluding carboxylic acids is 3. The molecular formula is C38H48ClN3O7S. The molecule has 0 bridgehead atoms. The van der Waals surface area contributed by atoms with Crippen molar-refractivity contribution in [2.24, 2.45) is 4.99 Å². The lowest BCUT2D eigenvalue weighted by atomic mass is 9.86. The van der Waals surface area contributed by atoms with Gasteiger partial charge in [0.1, 0.15) is 22.7 Å². The molecule has 2 unspecified atom stereocenters. The van der Waals surface area contributed by atoms with Crippen LogP contribution in [-0.2, 0) is 27.1 Å². The highest BCUT2D eigenvalue weighted by atomic mass is 35.5. The summed E-state index contributed by atoms with van der Waals surface area (Å²) in [6, 6.07) is 17.6. The lowest BCUT2D eigenvalue weighted by Gasteiger charge is -2.27. The van der Waals surface area contributed by atoms with Gasteiger partial charge in [-0.05, 0) is 119 Å². The minimum atomic E-state index is -0.746. The Morgan fingerprint density at radius 1 is 0.920 bits per heavy atom. The number of aryl methyl sites for hydroxylation is 1. The van der Waals surface area contributed by atoms with Crippen molar-refractivity contribution in [3.63, 3.8) is 0 Å². The number of hydrogen-bond donors (Lipinski definition) is 2. The number of fused-ring (bicyclic) bond motifs is 1. The highest BCUT2D eigenvalue weighted by molar-refractivity contribution is 7.14. The first kappa shape index (κ1) is 38.7. The van der Waals surface area contributed by atoms with Gasteiger partial charge in [0.25, 0.3) is 0 Å². The second-order valence-corrected chi connectivity index (χ2v) is 15.7. The zero-order valence-electron chi connectivity index (χ0n) is 29.7. The molecule has 10 nitrogen and oxygen atoms in total. The largest absolute Gasteiger partial charge is 0.493 e. The smallest absolute Gasteiger partial charge is 0.414 e. The summed E-state index contributed by atoms with van der Waals surface area (Å²) in [6.45, 7) is 11.0. The van der Waals surface area contributed by atoms with Crippen LogP contribution in [0.25, 0.3) is 0 Å². The number of hydrogen-bond acceptors (Lipinski definition) is 9. The topological polar surface area (TPSA) is 125 Å². The number of ketones is 1. The Morgan fingerprint density at radius 3 is 2.20 bits per heavy atom. The van der Waals surface area contributed by atoms with E-state index in [9.17, 15) is 14.4 Å². The fraction of sp³-hybridized carbons (Fsp3) is 0.474. The van der Waals surface area contributed by atoms with E-state index in [1.807, 2.05) is 48.5 Å². The number of Topliss-reactive ketones (excluding diaryl/α,β-unsaturated/α-hetero) is 1. The molecule has 50 heavy (non-hydrogen) atoms. The number of para-hydroxylation sites is 1. The maximum atomic E-state index is 13.2. The van der Waals surface area contributed by atoms with Gasteiger partial charge in [-0.1, -0.05) is 41.9 Å². The first-order valence-corrected chi connectivity index (χ1v) is 18.2. The van der Waals surface area contributed by atoms with Crippen molar-refractivity contribution >= 4 is 46.9 Å². The SMILES string of the molecule is CC(C)(C)OC(=O)NC(=NCCc1ccc(OCCC2Oc3ccccc3C(CCc3csc(Cl)c3)CCC2=O)cc1)NC(=O)OC(C)(C)C. The molecule has 1 aliphatic heterocycles. The lowest BCUT2D eigenvalue weighted by molar-refractivity contribution is -0.126. The third-order valence-corrected chi connectivity index (χ3v) is 8.75. The maximum Gasteiger partial charge on any atom is 0.414 e. The summed E-state index contributed by atoms with van der Waals surface area (Å²) in [7, 11) is 0. The van der Waals surface area contributed by atoms with Crippen molar-refractivity contribution in [2.45, 2.75) is 103 Å². The Kier molecular flexibility index (Phi) is 13.7. The molecule has 270 valence electrons. The summed E-state index contributed by atoms with van der Waals surface area (Å²) in [5.74, 6) is 1.68. The van der Waals surface area contributed by atoms with Gasteiger partial charge in [0.2, 0.25) is 5.96 Å². The Bertz CT molecular complexity index is 1590. The van der Waals surface area contributed by atoms with Gasteiger partial charge in [-0.25, -0.2) is 9.59 Å². The molecule has 0 saturated heterocycles. The molecule has 0 saturated carbocycles. The Labute approximate surface area is 303 Å². The summed E-state index contributed by atoms with van der Waals surface area (Å²) in [6.07, 6.45) is 1.93. The number of guanidine groups is 1. The Balaban J connectivity index is 1.29.